The van der Waals surface area contributed by atoms with Crippen LogP contribution in [-0.4, -0.2) is 0 Å². The summed E-state index contributed by atoms with van der Waals surface area (Å²) >= 11 is 0. The topological polar surface area (TPSA) is 0 Å². The van der Waals surface area contributed by atoms with E-state index in [0.29, 0.717) is 0 Å². The average molecular weight is 173 g/mol. The van der Waals surface area contributed by atoms with E-state index in [1.54, 1.807) is 0 Å². The van der Waals surface area contributed by atoms with Crippen molar-refractivity contribution >= 4 is 0 Å². The van der Waals surface area contributed by atoms with Gasteiger partial charge in [-0.15, -0.1) is 0 Å². The SMILES string of the molecule is [CH2-]CCC.[CH3-].[Ru+2]. The molecule has 0 N–H and O–H groups in total. The summed E-state index contributed by atoms with van der Waals surface area (Å²) in [6.07, 6.45) is 2.28. The molecule has 0 heterocycles. The Morgan fingerprint density at radius 1 is 1.50 bits per heavy atom. The maximum Gasteiger partial charge on any atom is 2.00 e. The van der Waals surface area contributed by atoms with Gasteiger partial charge in [-0.25, -0.2) is 0 Å². The first-order valence-electron chi connectivity index (χ1n) is 1.71. The normalized spacial score (nSPS) is 5.00. The van der Waals surface area contributed by atoms with Crippen LogP contribution >= 0.6 is 0 Å². The molecule has 40 valence electrons. The first-order valence-corrected chi connectivity index (χ1v) is 1.71. The van der Waals surface area contributed by atoms with Gasteiger partial charge in [0.2, 0.25) is 0 Å². The van der Waals surface area contributed by atoms with Gasteiger partial charge in [0.1, 0.15) is 0 Å². The van der Waals surface area contributed by atoms with Crippen molar-refractivity contribution in [3.8, 4) is 0 Å². The van der Waals surface area contributed by atoms with Crippen LogP contribution in [0.4, 0.5) is 0 Å². The Morgan fingerprint density at radius 2 is 1.67 bits per heavy atom. The number of rotatable bonds is 1. The minimum atomic E-state index is 0. The van der Waals surface area contributed by atoms with Crippen molar-refractivity contribution < 1.29 is 19.5 Å². The largest absolute Gasteiger partial charge is 2.00 e. The zero-order valence-electron chi connectivity index (χ0n) is 4.47. The first-order chi connectivity index (χ1) is 1.91. The van der Waals surface area contributed by atoms with Crippen LogP contribution < -0.4 is 0 Å². The fourth-order valence-electron chi connectivity index (χ4n) is 0. The van der Waals surface area contributed by atoms with Crippen molar-refractivity contribution in [3.63, 3.8) is 0 Å². The van der Waals surface area contributed by atoms with Gasteiger partial charge in [0, 0.05) is 0 Å². The van der Waals surface area contributed by atoms with Crippen LogP contribution in [0.1, 0.15) is 19.8 Å². The minimum Gasteiger partial charge on any atom is -0.358 e. The molecule has 0 saturated carbocycles. The van der Waals surface area contributed by atoms with Crippen molar-refractivity contribution in [1.29, 1.82) is 0 Å². The van der Waals surface area contributed by atoms with Gasteiger partial charge in [-0.2, -0.15) is 6.42 Å². The molecule has 0 spiro atoms. The minimum absolute atomic E-state index is 0. The molecule has 0 aromatic carbocycles. The summed E-state index contributed by atoms with van der Waals surface area (Å²) in [7, 11) is 0. The van der Waals surface area contributed by atoms with Crippen LogP contribution in [0.2, 0.25) is 0 Å². The van der Waals surface area contributed by atoms with Crippen molar-refractivity contribution in [2.75, 3.05) is 0 Å². The van der Waals surface area contributed by atoms with Crippen LogP contribution in [-0.2, 0) is 19.5 Å². The smallest absolute Gasteiger partial charge is 0.358 e. The summed E-state index contributed by atoms with van der Waals surface area (Å²) in [6, 6.07) is 0. The van der Waals surface area contributed by atoms with Crippen LogP contribution in [0, 0.1) is 14.4 Å². The maximum atomic E-state index is 3.60. The molecule has 0 radical (unpaired) electrons. The molecule has 6 heavy (non-hydrogen) atoms. The van der Waals surface area contributed by atoms with E-state index in [4.69, 9.17) is 0 Å². The predicted octanol–water partition coefficient (Wildman–Crippen LogP) is 2.07. The third kappa shape index (κ3) is 23.0. The van der Waals surface area contributed by atoms with Gasteiger partial charge in [0.05, 0.1) is 0 Å². The van der Waals surface area contributed by atoms with Crippen LogP contribution in [0.15, 0.2) is 0 Å². The van der Waals surface area contributed by atoms with Crippen molar-refractivity contribution in [3.05, 3.63) is 14.4 Å². The molecule has 0 bridgehead atoms. The second-order valence-corrected chi connectivity index (χ2v) is 0.854. The van der Waals surface area contributed by atoms with Gasteiger partial charge in [-0.05, 0) is 0 Å². The maximum absolute atomic E-state index is 3.60. The third-order valence-electron chi connectivity index (χ3n) is 0.354. The second-order valence-electron chi connectivity index (χ2n) is 0.854. The molecule has 0 saturated heterocycles. The van der Waals surface area contributed by atoms with Gasteiger partial charge < -0.3 is 14.4 Å². The Kier molecular flexibility index (Phi) is 46.4. The molecule has 0 aliphatic carbocycles. The Bertz CT molecular complexity index is 5.90. The van der Waals surface area contributed by atoms with Gasteiger partial charge in [-0.3, -0.25) is 0 Å². The number of hydrogen-bond acceptors (Lipinski definition) is 0. The molecule has 0 aliphatic rings. The molecule has 0 unspecified atom stereocenters. The Hall–Kier alpha value is 0.623. The Balaban J connectivity index is -0.0000000450. The molecule has 0 nitrogen and oxygen atoms in total. The zero-order chi connectivity index (χ0) is 3.41. The molecule has 0 aromatic heterocycles. The molecule has 1 heteroatoms. The summed E-state index contributed by atoms with van der Waals surface area (Å²) in [5, 5.41) is 0. The van der Waals surface area contributed by atoms with E-state index >= 15 is 0 Å². The summed E-state index contributed by atoms with van der Waals surface area (Å²) in [4.78, 5) is 0. The van der Waals surface area contributed by atoms with E-state index in [1.165, 1.54) is 6.42 Å². The van der Waals surface area contributed by atoms with E-state index in [-0.39, 0.29) is 26.9 Å². The molecule has 0 amide bonds. The van der Waals surface area contributed by atoms with E-state index in [1.807, 2.05) is 0 Å². The number of unbranched alkanes of at least 4 members (excludes halogenated alkanes) is 1. The summed E-state index contributed by atoms with van der Waals surface area (Å²) in [6.45, 7) is 5.72. The van der Waals surface area contributed by atoms with Gasteiger partial charge in [0.15, 0.2) is 0 Å². The molecule has 0 aromatic rings. The average Bonchev–Trinajstić information content (AvgIpc) is 1.37. The third-order valence-corrected chi connectivity index (χ3v) is 0.354. The monoisotopic (exact) mass is 174 g/mol. The van der Waals surface area contributed by atoms with Crippen molar-refractivity contribution in [1.82, 2.24) is 0 Å². The van der Waals surface area contributed by atoms with Gasteiger partial charge in [-0.1, -0.05) is 13.3 Å². The van der Waals surface area contributed by atoms with Crippen molar-refractivity contribution in [2.24, 2.45) is 0 Å². The first kappa shape index (κ1) is 16.0. The Labute approximate surface area is 54.1 Å². The quantitative estimate of drug-likeness (QED) is 0.420. The second kappa shape index (κ2) is 17.5. The van der Waals surface area contributed by atoms with Gasteiger partial charge >= 0.3 is 19.5 Å². The fourth-order valence-corrected chi connectivity index (χ4v) is 0. The van der Waals surface area contributed by atoms with E-state index in [2.05, 4.69) is 13.8 Å². The Morgan fingerprint density at radius 3 is 1.67 bits per heavy atom. The summed E-state index contributed by atoms with van der Waals surface area (Å²) in [5.74, 6) is 0. The van der Waals surface area contributed by atoms with E-state index in [0.717, 1.165) is 6.42 Å². The van der Waals surface area contributed by atoms with Crippen LogP contribution in [0.25, 0.3) is 0 Å². The number of hydrogen-bond donors (Lipinski definition) is 0. The zero-order valence-corrected chi connectivity index (χ0v) is 6.21. The molecule has 0 atom stereocenters. The fraction of sp³-hybridized carbons (Fsp3) is 0.600. The molecular weight excluding hydrogens is 161 g/mol. The van der Waals surface area contributed by atoms with Crippen LogP contribution in [0.5, 0.6) is 0 Å². The molecule has 0 fully saturated rings. The summed E-state index contributed by atoms with van der Waals surface area (Å²) < 4.78 is 0. The molecule has 0 aliphatic heterocycles. The molecular formula is C5H12Ru. The van der Waals surface area contributed by atoms with E-state index in [9.17, 15) is 0 Å². The van der Waals surface area contributed by atoms with Crippen LogP contribution in [0.3, 0.4) is 0 Å². The van der Waals surface area contributed by atoms with E-state index < -0.39 is 0 Å². The van der Waals surface area contributed by atoms with Gasteiger partial charge in [0.25, 0.3) is 0 Å². The predicted molar refractivity (Wildman–Crippen MR) is 26.7 cm³/mol. The molecule has 0 rings (SSSR count). The standard InChI is InChI=1S/C4H9.CH3.Ru/c1-3-4-2;;/h1,3-4H2,2H3;1H3;/q2*-1;+2. The van der Waals surface area contributed by atoms with Crippen molar-refractivity contribution in [2.45, 2.75) is 19.8 Å². The summed E-state index contributed by atoms with van der Waals surface area (Å²) in [5.41, 5.74) is 0.